The topological polar surface area (TPSA) is 12.0 Å². The van der Waals surface area contributed by atoms with Crippen LogP contribution < -0.4 is 5.32 Å². The Morgan fingerprint density at radius 3 is 2.73 bits per heavy atom. The minimum absolute atomic E-state index is 0.443. The van der Waals surface area contributed by atoms with Crippen LogP contribution in [0.2, 0.25) is 0 Å². The van der Waals surface area contributed by atoms with Crippen LogP contribution in [0.4, 0.5) is 0 Å². The van der Waals surface area contributed by atoms with E-state index in [1.807, 2.05) is 0 Å². The van der Waals surface area contributed by atoms with Gasteiger partial charge in [-0.25, -0.2) is 0 Å². The van der Waals surface area contributed by atoms with Crippen molar-refractivity contribution in [2.75, 3.05) is 0 Å². The van der Waals surface area contributed by atoms with Gasteiger partial charge in [-0.15, -0.1) is 0 Å². The third-order valence-electron chi connectivity index (χ3n) is 3.11. The molecule has 1 aliphatic rings. The normalized spacial score (nSPS) is 39.0. The Bertz CT molecular complexity index is 122. The Morgan fingerprint density at radius 1 is 1.45 bits per heavy atom. The van der Waals surface area contributed by atoms with Gasteiger partial charge < -0.3 is 5.32 Å². The van der Waals surface area contributed by atoms with Gasteiger partial charge in [0, 0.05) is 11.6 Å². The van der Waals surface area contributed by atoms with Gasteiger partial charge in [-0.2, -0.15) is 0 Å². The third-order valence-corrected chi connectivity index (χ3v) is 3.11. The molecule has 0 radical (unpaired) electrons. The fourth-order valence-corrected chi connectivity index (χ4v) is 1.96. The fraction of sp³-hybridized carbons (Fsp3) is 1.00. The predicted octanol–water partition coefficient (Wildman–Crippen LogP) is 2.71. The van der Waals surface area contributed by atoms with Crippen LogP contribution in [0, 0.1) is 0 Å². The first kappa shape index (κ1) is 9.05. The molecule has 0 bridgehead atoms. The van der Waals surface area contributed by atoms with Crippen LogP contribution in [0.5, 0.6) is 0 Å². The summed E-state index contributed by atoms with van der Waals surface area (Å²) in [6.45, 7) is 6.92. The molecule has 0 aromatic heterocycles. The highest BCUT2D eigenvalue weighted by Gasteiger charge is 2.28. The Labute approximate surface area is 70.6 Å². The Balaban J connectivity index is 2.44. The molecule has 1 heteroatoms. The molecule has 0 saturated carbocycles. The van der Waals surface area contributed by atoms with Crippen molar-refractivity contribution in [2.45, 2.75) is 64.5 Å². The highest BCUT2D eigenvalue weighted by molar-refractivity contribution is 4.89. The van der Waals surface area contributed by atoms with Gasteiger partial charge in [0.25, 0.3) is 0 Å². The average Bonchev–Trinajstić information content (AvgIpc) is 2.05. The maximum atomic E-state index is 3.73. The molecule has 0 spiro atoms. The molecule has 2 atom stereocenters. The van der Waals surface area contributed by atoms with Crippen molar-refractivity contribution >= 4 is 0 Å². The van der Waals surface area contributed by atoms with E-state index >= 15 is 0 Å². The summed E-state index contributed by atoms with van der Waals surface area (Å²) >= 11 is 0. The summed E-state index contributed by atoms with van der Waals surface area (Å²) in [5.74, 6) is 0. The molecule has 66 valence electrons. The molecule has 0 amide bonds. The second-order valence-electron chi connectivity index (χ2n) is 4.06. The fourth-order valence-electron chi connectivity index (χ4n) is 1.96. The van der Waals surface area contributed by atoms with Gasteiger partial charge in [0.2, 0.25) is 0 Å². The Kier molecular flexibility index (Phi) is 2.94. The molecule has 11 heavy (non-hydrogen) atoms. The molecular weight excluding hydrogens is 134 g/mol. The maximum Gasteiger partial charge on any atom is 0.0153 e. The van der Waals surface area contributed by atoms with Crippen LogP contribution >= 0.6 is 0 Å². The largest absolute Gasteiger partial charge is 0.309 e. The molecule has 1 nitrogen and oxygen atoms in total. The minimum atomic E-state index is 0.443. The zero-order valence-corrected chi connectivity index (χ0v) is 8.11. The third kappa shape index (κ3) is 2.19. The van der Waals surface area contributed by atoms with E-state index in [1.54, 1.807) is 0 Å². The lowest BCUT2D eigenvalue weighted by Gasteiger charge is -2.39. The molecule has 1 aliphatic heterocycles. The van der Waals surface area contributed by atoms with Crippen molar-refractivity contribution in [3.63, 3.8) is 0 Å². The standard InChI is InChI=1S/C10H21N/c1-4-9-7-6-8-10(3,5-2)11-9/h9,11H,4-8H2,1-3H3. The van der Waals surface area contributed by atoms with Crippen molar-refractivity contribution in [1.29, 1.82) is 0 Å². The average molecular weight is 155 g/mol. The van der Waals surface area contributed by atoms with Crippen LogP contribution in [0.3, 0.4) is 0 Å². The molecule has 0 aromatic carbocycles. The number of piperidine rings is 1. The second-order valence-corrected chi connectivity index (χ2v) is 4.06. The first-order valence-corrected chi connectivity index (χ1v) is 4.98. The molecular formula is C10H21N. The number of rotatable bonds is 2. The molecule has 0 aromatic rings. The monoisotopic (exact) mass is 155 g/mol. The van der Waals surface area contributed by atoms with Crippen LogP contribution in [-0.2, 0) is 0 Å². The van der Waals surface area contributed by atoms with Gasteiger partial charge in [0.1, 0.15) is 0 Å². The summed E-state index contributed by atoms with van der Waals surface area (Å²) in [6, 6.07) is 0.786. The van der Waals surface area contributed by atoms with Crippen LogP contribution in [0.1, 0.15) is 52.9 Å². The van der Waals surface area contributed by atoms with Crippen molar-refractivity contribution in [2.24, 2.45) is 0 Å². The highest BCUT2D eigenvalue weighted by atomic mass is 15.0. The van der Waals surface area contributed by atoms with E-state index in [-0.39, 0.29) is 0 Å². The second kappa shape index (κ2) is 3.57. The van der Waals surface area contributed by atoms with E-state index in [9.17, 15) is 0 Å². The number of hydrogen-bond donors (Lipinski definition) is 1. The van der Waals surface area contributed by atoms with Gasteiger partial charge in [-0.3, -0.25) is 0 Å². The zero-order valence-electron chi connectivity index (χ0n) is 8.11. The van der Waals surface area contributed by atoms with E-state index in [0.29, 0.717) is 5.54 Å². The summed E-state index contributed by atoms with van der Waals surface area (Å²) < 4.78 is 0. The molecule has 1 N–H and O–H groups in total. The SMILES string of the molecule is CCC1CCCC(C)(CC)N1. The van der Waals surface area contributed by atoms with E-state index in [1.165, 1.54) is 32.1 Å². The molecule has 1 heterocycles. The summed E-state index contributed by atoms with van der Waals surface area (Å²) in [4.78, 5) is 0. The summed E-state index contributed by atoms with van der Waals surface area (Å²) in [5.41, 5.74) is 0.443. The van der Waals surface area contributed by atoms with Gasteiger partial charge >= 0.3 is 0 Å². The van der Waals surface area contributed by atoms with Gasteiger partial charge in [-0.1, -0.05) is 20.3 Å². The molecule has 1 fully saturated rings. The van der Waals surface area contributed by atoms with E-state index in [2.05, 4.69) is 26.1 Å². The van der Waals surface area contributed by atoms with E-state index in [0.717, 1.165) is 6.04 Å². The quantitative estimate of drug-likeness (QED) is 0.646. The predicted molar refractivity (Wildman–Crippen MR) is 49.8 cm³/mol. The summed E-state index contributed by atoms with van der Waals surface area (Å²) in [7, 11) is 0. The van der Waals surface area contributed by atoms with Crippen molar-refractivity contribution in [3.05, 3.63) is 0 Å². The first-order valence-electron chi connectivity index (χ1n) is 4.98. The maximum absolute atomic E-state index is 3.73. The molecule has 1 rings (SSSR count). The molecule has 2 unspecified atom stereocenters. The van der Waals surface area contributed by atoms with E-state index in [4.69, 9.17) is 0 Å². The van der Waals surface area contributed by atoms with Gasteiger partial charge in [0.05, 0.1) is 0 Å². The Hall–Kier alpha value is -0.0400. The van der Waals surface area contributed by atoms with E-state index < -0.39 is 0 Å². The Morgan fingerprint density at radius 2 is 2.18 bits per heavy atom. The van der Waals surface area contributed by atoms with Gasteiger partial charge in [-0.05, 0) is 32.6 Å². The number of nitrogens with one attached hydrogen (secondary N) is 1. The smallest absolute Gasteiger partial charge is 0.0153 e. The lowest BCUT2D eigenvalue weighted by atomic mass is 9.85. The lowest BCUT2D eigenvalue weighted by molar-refractivity contribution is 0.214. The lowest BCUT2D eigenvalue weighted by Crippen LogP contribution is -2.50. The zero-order chi connectivity index (χ0) is 8.32. The minimum Gasteiger partial charge on any atom is -0.309 e. The molecule has 0 aliphatic carbocycles. The number of hydrogen-bond acceptors (Lipinski definition) is 1. The molecule has 1 saturated heterocycles. The van der Waals surface area contributed by atoms with Crippen LogP contribution in [0.25, 0.3) is 0 Å². The van der Waals surface area contributed by atoms with Crippen molar-refractivity contribution < 1.29 is 0 Å². The van der Waals surface area contributed by atoms with Crippen LogP contribution in [-0.4, -0.2) is 11.6 Å². The van der Waals surface area contributed by atoms with Crippen molar-refractivity contribution in [3.8, 4) is 0 Å². The van der Waals surface area contributed by atoms with Gasteiger partial charge in [0.15, 0.2) is 0 Å². The van der Waals surface area contributed by atoms with Crippen LogP contribution in [0.15, 0.2) is 0 Å². The summed E-state index contributed by atoms with van der Waals surface area (Å²) in [6.07, 6.45) is 6.71. The first-order chi connectivity index (χ1) is 5.20. The summed E-state index contributed by atoms with van der Waals surface area (Å²) in [5, 5.41) is 3.73. The highest BCUT2D eigenvalue weighted by Crippen LogP contribution is 2.25. The van der Waals surface area contributed by atoms with Crippen molar-refractivity contribution in [1.82, 2.24) is 5.32 Å².